The van der Waals surface area contributed by atoms with Crippen LogP contribution in [-0.4, -0.2) is 23.0 Å². The zero-order valence-electron chi connectivity index (χ0n) is 31.8. The average Bonchev–Trinajstić information content (AvgIpc) is 3.59. The molecule has 0 fully saturated rings. The lowest BCUT2D eigenvalue weighted by molar-refractivity contribution is 1.06. The van der Waals surface area contributed by atoms with E-state index in [2.05, 4.69) is 139 Å². The summed E-state index contributed by atoms with van der Waals surface area (Å²) in [5.41, 5.74) is 10.6. The number of aliphatic imine (C=N–C) groups is 3. The molecule has 0 N–H and O–H groups in total. The normalized spacial score (nSPS) is 12.6. The second-order valence-corrected chi connectivity index (χ2v) is 13.6. The van der Waals surface area contributed by atoms with Crippen molar-refractivity contribution in [3.8, 4) is 16.8 Å². The van der Waals surface area contributed by atoms with E-state index in [4.69, 9.17) is 9.98 Å². The van der Waals surface area contributed by atoms with E-state index in [1.807, 2.05) is 74.6 Å². The van der Waals surface area contributed by atoms with Gasteiger partial charge >= 0.3 is 0 Å². The molecule has 0 aliphatic carbocycles. The number of fused-ring (bicyclic) bond motifs is 6. The van der Waals surface area contributed by atoms with E-state index in [1.54, 1.807) is 0 Å². The number of amidine groups is 2. The van der Waals surface area contributed by atoms with Crippen molar-refractivity contribution in [2.45, 2.75) is 20.4 Å². The maximum atomic E-state index is 5.22. The maximum Gasteiger partial charge on any atom is 0.160 e. The molecule has 8 aromatic rings. The molecular formula is C52H42N4. The third kappa shape index (κ3) is 6.41. The number of benzene rings is 7. The van der Waals surface area contributed by atoms with Crippen LogP contribution < -0.4 is 0 Å². The molecule has 1 aromatic heterocycles. The first-order chi connectivity index (χ1) is 27.6. The minimum Gasteiger partial charge on any atom is -0.309 e. The van der Waals surface area contributed by atoms with Gasteiger partial charge in [0.15, 0.2) is 11.7 Å². The molecule has 0 spiro atoms. The van der Waals surface area contributed by atoms with Crippen molar-refractivity contribution in [1.29, 1.82) is 0 Å². The zero-order chi connectivity index (χ0) is 38.6. The lowest BCUT2D eigenvalue weighted by Gasteiger charge is -2.19. The highest BCUT2D eigenvalue weighted by Crippen LogP contribution is 2.42. The Morgan fingerprint density at radius 2 is 1.27 bits per heavy atom. The van der Waals surface area contributed by atoms with Crippen LogP contribution in [0, 0.1) is 0 Å². The summed E-state index contributed by atoms with van der Waals surface area (Å²) < 4.78 is 2.42. The summed E-state index contributed by atoms with van der Waals surface area (Å²) >= 11 is 0. The number of para-hydroxylation sites is 1. The Labute approximate surface area is 328 Å². The molecular weight excluding hydrogens is 681 g/mol. The SMILES string of the molecule is C=Cc1c(C=C)c2cc(CN=C(N=C(N=C)C(/C=C\C)=C/C)c3ccccc3)cc(-n3c4ccccc4c4cc(-c5ccccc5)ccc43)c2c2ccccc12. The summed E-state index contributed by atoms with van der Waals surface area (Å²) in [7, 11) is 0. The summed E-state index contributed by atoms with van der Waals surface area (Å²) in [6, 6.07) is 49.3. The molecule has 1 heterocycles. The number of nitrogens with zero attached hydrogens (tertiary/aromatic N) is 4. The van der Waals surface area contributed by atoms with Gasteiger partial charge in [-0.25, -0.2) is 9.98 Å². The molecule has 0 aliphatic rings. The van der Waals surface area contributed by atoms with Crippen molar-refractivity contribution in [2.24, 2.45) is 15.0 Å². The molecule has 7 aromatic carbocycles. The van der Waals surface area contributed by atoms with Gasteiger partial charge in [0.25, 0.3) is 0 Å². The van der Waals surface area contributed by atoms with Gasteiger partial charge in [-0.1, -0.05) is 153 Å². The first-order valence-corrected chi connectivity index (χ1v) is 18.9. The monoisotopic (exact) mass is 722 g/mol. The average molecular weight is 723 g/mol. The number of hydrogen-bond donors (Lipinski definition) is 0. The van der Waals surface area contributed by atoms with E-state index in [0.717, 1.165) is 66.1 Å². The number of aromatic nitrogens is 1. The Morgan fingerprint density at radius 1 is 0.625 bits per heavy atom. The van der Waals surface area contributed by atoms with Crippen LogP contribution in [0.25, 0.3) is 72.3 Å². The quantitative estimate of drug-likeness (QED) is 0.0616. The summed E-state index contributed by atoms with van der Waals surface area (Å²) in [6.45, 7) is 16.8. The van der Waals surface area contributed by atoms with Crippen molar-refractivity contribution < 1.29 is 0 Å². The van der Waals surface area contributed by atoms with E-state index in [1.165, 1.54) is 21.9 Å². The van der Waals surface area contributed by atoms with Crippen molar-refractivity contribution >= 4 is 73.9 Å². The minimum atomic E-state index is 0.373. The van der Waals surface area contributed by atoms with Crippen LogP contribution in [0.5, 0.6) is 0 Å². The Balaban J connectivity index is 1.44. The minimum absolute atomic E-state index is 0.373. The number of rotatable bonds is 9. The smallest absolute Gasteiger partial charge is 0.160 e. The lowest BCUT2D eigenvalue weighted by Crippen LogP contribution is -2.06. The number of hydrogen-bond acceptors (Lipinski definition) is 1. The molecule has 0 saturated carbocycles. The summed E-state index contributed by atoms with van der Waals surface area (Å²) in [6.07, 6.45) is 9.85. The first-order valence-electron chi connectivity index (χ1n) is 18.9. The molecule has 0 atom stereocenters. The van der Waals surface area contributed by atoms with E-state index in [9.17, 15) is 0 Å². The van der Waals surface area contributed by atoms with Gasteiger partial charge in [-0.2, -0.15) is 0 Å². The van der Waals surface area contributed by atoms with Crippen molar-refractivity contribution in [2.75, 3.05) is 0 Å². The van der Waals surface area contributed by atoms with Gasteiger partial charge in [0.05, 0.1) is 23.3 Å². The molecule has 270 valence electrons. The van der Waals surface area contributed by atoms with Crippen LogP contribution in [0.15, 0.2) is 191 Å². The summed E-state index contributed by atoms with van der Waals surface area (Å²) in [4.78, 5) is 14.5. The van der Waals surface area contributed by atoms with Gasteiger partial charge in [0, 0.05) is 27.3 Å². The standard InChI is InChI=1S/C52H42N4/c1-6-20-36(7-2)51(53-5)55-52(38-23-14-11-15-24-38)54-34-35-31-46-41(9-4)40(8-3)42-25-16-17-27-44(42)50(46)49(32-35)56-47-28-19-18-26-43(47)45-33-39(29-30-48(45)56)37-21-12-10-13-22-37/h6-33H,3-5,34H2,1-2H3/b20-6-,36-7+,54-52?,55-51?. The highest BCUT2D eigenvalue weighted by Gasteiger charge is 2.20. The van der Waals surface area contributed by atoms with Crippen LogP contribution in [0.4, 0.5) is 0 Å². The van der Waals surface area contributed by atoms with Gasteiger partial charge < -0.3 is 4.57 Å². The molecule has 0 aliphatic heterocycles. The maximum absolute atomic E-state index is 5.22. The van der Waals surface area contributed by atoms with Gasteiger partial charge in [-0.3, -0.25) is 4.99 Å². The van der Waals surface area contributed by atoms with E-state index in [0.29, 0.717) is 18.2 Å². The van der Waals surface area contributed by atoms with Crippen molar-refractivity contribution in [3.63, 3.8) is 0 Å². The lowest BCUT2D eigenvalue weighted by atomic mass is 9.89. The third-order valence-electron chi connectivity index (χ3n) is 10.4. The summed E-state index contributed by atoms with van der Waals surface area (Å²) in [5.74, 6) is 1.10. The molecule has 0 unspecified atom stereocenters. The third-order valence-corrected chi connectivity index (χ3v) is 10.4. The van der Waals surface area contributed by atoms with Crippen LogP contribution in [0.1, 0.15) is 36.1 Å². The largest absolute Gasteiger partial charge is 0.309 e. The Kier molecular flexibility index (Phi) is 10.0. The topological polar surface area (TPSA) is 42.0 Å². The molecule has 4 nitrogen and oxygen atoms in total. The predicted octanol–water partition coefficient (Wildman–Crippen LogP) is 13.6. The molecule has 8 rings (SSSR count). The van der Waals surface area contributed by atoms with Crippen molar-refractivity contribution in [3.05, 3.63) is 199 Å². The van der Waals surface area contributed by atoms with E-state index < -0.39 is 0 Å². The first kappa shape index (κ1) is 35.8. The second kappa shape index (κ2) is 15.7. The van der Waals surface area contributed by atoms with Crippen LogP contribution in [0.2, 0.25) is 0 Å². The van der Waals surface area contributed by atoms with Gasteiger partial charge in [-0.15, -0.1) is 0 Å². The molecule has 0 radical (unpaired) electrons. The Morgan fingerprint density at radius 3 is 1.96 bits per heavy atom. The number of allylic oxidation sites excluding steroid dienone is 2. The van der Waals surface area contributed by atoms with E-state index >= 15 is 0 Å². The fourth-order valence-corrected chi connectivity index (χ4v) is 7.87. The fraction of sp³-hybridized carbons (Fsp3) is 0.0577. The summed E-state index contributed by atoms with van der Waals surface area (Å²) in [5, 5.41) is 6.91. The molecule has 4 heteroatoms. The Hall–Kier alpha value is -7.17. The van der Waals surface area contributed by atoms with Crippen molar-refractivity contribution in [1.82, 2.24) is 4.57 Å². The fourth-order valence-electron chi connectivity index (χ4n) is 7.87. The molecule has 56 heavy (non-hydrogen) atoms. The molecule has 0 bridgehead atoms. The van der Waals surface area contributed by atoms with E-state index in [-0.39, 0.29) is 0 Å². The highest BCUT2D eigenvalue weighted by molar-refractivity contribution is 6.20. The molecule has 0 amide bonds. The predicted molar refractivity (Wildman–Crippen MR) is 244 cm³/mol. The molecule has 0 saturated heterocycles. The zero-order valence-corrected chi connectivity index (χ0v) is 31.8. The van der Waals surface area contributed by atoms with Crippen LogP contribution in [-0.2, 0) is 6.54 Å². The highest BCUT2D eigenvalue weighted by atomic mass is 15.0. The van der Waals surface area contributed by atoms with Crippen LogP contribution in [0.3, 0.4) is 0 Å². The van der Waals surface area contributed by atoms with Gasteiger partial charge in [0.1, 0.15) is 0 Å². The second-order valence-electron chi connectivity index (χ2n) is 13.6. The van der Waals surface area contributed by atoms with Crippen LogP contribution >= 0.6 is 0 Å². The van der Waals surface area contributed by atoms with Gasteiger partial charge in [0.2, 0.25) is 0 Å². The Bertz CT molecular complexity index is 2940. The van der Waals surface area contributed by atoms with Gasteiger partial charge in [-0.05, 0) is 94.9 Å².